The third kappa shape index (κ3) is 6.40. The van der Waals surface area contributed by atoms with Gasteiger partial charge in [0.2, 0.25) is 0 Å². The highest BCUT2D eigenvalue weighted by Gasteiger charge is 2.14. The SMILES string of the molecule is C=CCc1ccc(N(c2ccccc2)c2ccc(-c3ccc(N(c4ccccc4)c4ccc(CC=C)cc4)cc3)cc2)cc1. The summed E-state index contributed by atoms with van der Waals surface area (Å²) in [6.45, 7) is 7.75. The van der Waals surface area contributed by atoms with Crippen molar-refractivity contribution in [2.24, 2.45) is 0 Å². The highest BCUT2D eigenvalue weighted by Crippen LogP contribution is 2.38. The molecule has 0 bridgehead atoms. The number of hydrogen-bond donors (Lipinski definition) is 0. The molecule has 6 aromatic carbocycles. The Morgan fingerprint density at radius 1 is 0.341 bits per heavy atom. The van der Waals surface area contributed by atoms with Gasteiger partial charge in [0.25, 0.3) is 0 Å². The topological polar surface area (TPSA) is 6.48 Å². The molecule has 6 rings (SSSR count). The van der Waals surface area contributed by atoms with Crippen molar-refractivity contribution >= 4 is 34.1 Å². The Hall–Kier alpha value is -5.60. The van der Waals surface area contributed by atoms with E-state index in [0.717, 1.165) is 47.0 Å². The standard InChI is InChI=1S/C42H36N2/c1-3-11-33-17-25-39(26-18-33)43(37-13-7-5-8-14-37)41-29-21-35(22-30-41)36-23-31-42(32-24-36)44(38-15-9-6-10-16-38)40-27-19-34(12-4-2)20-28-40/h3-10,13-32H,1-2,11-12H2. The smallest absolute Gasteiger partial charge is 0.0462 e. The van der Waals surface area contributed by atoms with E-state index >= 15 is 0 Å². The molecule has 0 fully saturated rings. The van der Waals surface area contributed by atoms with Crippen LogP contribution in [0.5, 0.6) is 0 Å². The van der Waals surface area contributed by atoms with E-state index in [1.165, 1.54) is 22.3 Å². The fraction of sp³-hybridized carbons (Fsp3) is 0.0476. The van der Waals surface area contributed by atoms with Crippen LogP contribution in [0.4, 0.5) is 34.1 Å². The third-order valence-electron chi connectivity index (χ3n) is 7.76. The molecular weight excluding hydrogens is 532 g/mol. The molecule has 6 aromatic rings. The number of para-hydroxylation sites is 2. The first-order valence-corrected chi connectivity index (χ1v) is 15.0. The van der Waals surface area contributed by atoms with Crippen molar-refractivity contribution in [1.29, 1.82) is 0 Å². The first-order chi connectivity index (χ1) is 21.7. The Kier molecular flexibility index (Phi) is 8.80. The van der Waals surface area contributed by atoms with E-state index in [4.69, 9.17) is 0 Å². The normalized spacial score (nSPS) is 10.6. The number of allylic oxidation sites excluding steroid dienone is 2. The highest BCUT2D eigenvalue weighted by atomic mass is 15.1. The summed E-state index contributed by atoms with van der Waals surface area (Å²) in [7, 11) is 0. The molecule has 0 radical (unpaired) electrons. The average Bonchev–Trinajstić information content (AvgIpc) is 3.09. The van der Waals surface area contributed by atoms with Crippen LogP contribution >= 0.6 is 0 Å². The summed E-state index contributed by atoms with van der Waals surface area (Å²) in [5, 5.41) is 0. The second-order valence-electron chi connectivity index (χ2n) is 10.8. The number of rotatable bonds is 11. The van der Waals surface area contributed by atoms with E-state index in [2.05, 4.69) is 181 Å². The van der Waals surface area contributed by atoms with Gasteiger partial charge in [-0.2, -0.15) is 0 Å². The Labute approximate surface area is 261 Å². The summed E-state index contributed by atoms with van der Waals surface area (Å²) in [6.07, 6.45) is 5.61. The average molecular weight is 569 g/mol. The first kappa shape index (κ1) is 28.5. The van der Waals surface area contributed by atoms with Gasteiger partial charge in [-0.25, -0.2) is 0 Å². The van der Waals surface area contributed by atoms with Crippen LogP contribution in [0.3, 0.4) is 0 Å². The molecule has 0 atom stereocenters. The van der Waals surface area contributed by atoms with Crippen LogP contribution in [0.1, 0.15) is 11.1 Å². The predicted molar refractivity (Wildman–Crippen MR) is 189 cm³/mol. The molecule has 2 nitrogen and oxygen atoms in total. The second-order valence-corrected chi connectivity index (χ2v) is 10.8. The third-order valence-corrected chi connectivity index (χ3v) is 7.76. The zero-order valence-corrected chi connectivity index (χ0v) is 24.9. The lowest BCUT2D eigenvalue weighted by Gasteiger charge is -2.26. The molecule has 0 N–H and O–H groups in total. The largest absolute Gasteiger partial charge is 0.311 e. The summed E-state index contributed by atoms with van der Waals surface area (Å²) >= 11 is 0. The van der Waals surface area contributed by atoms with E-state index in [9.17, 15) is 0 Å². The van der Waals surface area contributed by atoms with E-state index in [0.29, 0.717) is 0 Å². The lowest BCUT2D eigenvalue weighted by atomic mass is 10.0. The number of hydrogen-bond acceptors (Lipinski definition) is 2. The fourth-order valence-electron chi connectivity index (χ4n) is 5.55. The van der Waals surface area contributed by atoms with Gasteiger partial charge in [-0.05, 0) is 108 Å². The maximum atomic E-state index is 3.88. The second kappa shape index (κ2) is 13.6. The molecule has 0 saturated heterocycles. The van der Waals surface area contributed by atoms with Crippen molar-refractivity contribution in [3.8, 4) is 11.1 Å². The van der Waals surface area contributed by atoms with Gasteiger partial charge in [-0.3, -0.25) is 0 Å². The van der Waals surface area contributed by atoms with Crippen LogP contribution in [0.15, 0.2) is 183 Å². The van der Waals surface area contributed by atoms with E-state index in [1.54, 1.807) is 0 Å². The summed E-state index contributed by atoms with van der Waals surface area (Å²) in [5.74, 6) is 0. The van der Waals surface area contributed by atoms with Crippen LogP contribution < -0.4 is 9.80 Å². The molecule has 44 heavy (non-hydrogen) atoms. The van der Waals surface area contributed by atoms with Gasteiger partial charge in [-0.1, -0.05) is 97.1 Å². The van der Waals surface area contributed by atoms with Crippen molar-refractivity contribution in [1.82, 2.24) is 0 Å². The fourth-order valence-corrected chi connectivity index (χ4v) is 5.55. The van der Waals surface area contributed by atoms with Crippen LogP contribution in [0.25, 0.3) is 11.1 Å². The molecule has 0 saturated carbocycles. The summed E-state index contributed by atoms with van der Waals surface area (Å²) in [5.41, 5.74) is 11.6. The lowest BCUT2D eigenvalue weighted by Crippen LogP contribution is -2.10. The van der Waals surface area contributed by atoms with Crippen LogP contribution in [-0.2, 0) is 12.8 Å². The minimum Gasteiger partial charge on any atom is -0.311 e. The maximum Gasteiger partial charge on any atom is 0.0462 e. The molecule has 0 aliphatic carbocycles. The molecule has 0 amide bonds. The molecule has 0 aliphatic heterocycles. The summed E-state index contributed by atoms with van der Waals surface area (Å²) in [4.78, 5) is 4.59. The molecule has 214 valence electrons. The van der Waals surface area contributed by atoms with E-state index in [-0.39, 0.29) is 0 Å². The monoisotopic (exact) mass is 568 g/mol. The molecule has 0 spiro atoms. The highest BCUT2D eigenvalue weighted by molar-refractivity contribution is 5.80. The number of benzene rings is 6. The molecule has 0 heterocycles. The van der Waals surface area contributed by atoms with Crippen LogP contribution in [0, 0.1) is 0 Å². The van der Waals surface area contributed by atoms with Crippen molar-refractivity contribution in [2.45, 2.75) is 12.8 Å². The molecule has 0 aromatic heterocycles. The zero-order chi connectivity index (χ0) is 30.1. The Morgan fingerprint density at radius 3 is 0.909 bits per heavy atom. The van der Waals surface area contributed by atoms with Crippen molar-refractivity contribution in [3.63, 3.8) is 0 Å². The van der Waals surface area contributed by atoms with E-state index in [1.807, 2.05) is 12.2 Å². The predicted octanol–water partition coefficient (Wildman–Crippen LogP) is 11.8. The Morgan fingerprint density at radius 2 is 0.614 bits per heavy atom. The summed E-state index contributed by atoms with van der Waals surface area (Å²) in [6, 6.07) is 56.1. The molecule has 2 heteroatoms. The minimum absolute atomic E-state index is 0.865. The number of anilines is 6. The first-order valence-electron chi connectivity index (χ1n) is 15.0. The Bertz CT molecular complexity index is 1650. The Balaban J connectivity index is 1.29. The molecule has 0 aliphatic rings. The van der Waals surface area contributed by atoms with Crippen LogP contribution in [-0.4, -0.2) is 0 Å². The van der Waals surface area contributed by atoms with Gasteiger partial charge in [0, 0.05) is 34.1 Å². The molecule has 0 unspecified atom stereocenters. The lowest BCUT2D eigenvalue weighted by molar-refractivity contribution is 1.24. The van der Waals surface area contributed by atoms with Gasteiger partial charge >= 0.3 is 0 Å². The van der Waals surface area contributed by atoms with Gasteiger partial charge < -0.3 is 9.80 Å². The van der Waals surface area contributed by atoms with Crippen molar-refractivity contribution in [2.75, 3.05) is 9.80 Å². The maximum absolute atomic E-state index is 3.88. The van der Waals surface area contributed by atoms with Crippen LogP contribution in [0.2, 0.25) is 0 Å². The quantitative estimate of drug-likeness (QED) is 0.143. The van der Waals surface area contributed by atoms with Gasteiger partial charge in [0.05, 0.1) is 0 Å². The van der Waals surface area contributed by atoms with Crippen molar-refractivity contribution in [3.05, 3.63) is 194 Å². The van der Waals surface area contributed by atoms with E-state index < -0.39 is 0 Å². The van der Waals surface area contributed by atoms with Gasteiger partial charge in [-0.15, -0.1) is 13.2 Å². The number of nitrogens with zero attached hydrogens (tertiary/aromatic N) is 2. The zero-order valence-electron chi connectivity index (χ0n) is 24.9. The molecular formula is C42H36N2. The van der Waals surface area contributed by atoms with Crippen molar-refractivity contribution < 1.29 is 0 Å². The van der Waals surface area contributed by atoms with Gasteiger partial charge in [0.15, 0.2) is 0 Å². The van der Waals surface area contributed by atoms with Gasteiger partial charge in [0.1, 0.15) is 0 Å². The minimum atomic E-state index is 0.865. The summed E-state index contributed by atoms with van der Waals surface area (Å²) < 4.78 is 0.